The van der Waals surface area contributed by atoms with Crippen LogP contribution in [0.3, 0.4) is 0 Å². The Morgan fingerprint density at radius 1 is 1.39 bits per heavy atom. The van der Waals surface area contributed by atoms with E-state index in [1.165, 1.54) is 0 Å². The molecule has 1 unspecified atom stereocenters. The largest absolute Gasteiger partial charge is 0.382 e. The molecule has 0 spiro atoms. The van der Waals surface area contributed by atoms with Gasteiger partial charge in [-0.15, -0.1) is 0 Å². The van der Waals surface area contributed by atoms with Crippen LogP contribution >= 0.6 is 11.6 Å². The Morgan fingerprint density at radius 2 is 2.17 bits per heavy atom. The van der Waals surface area contributed by atoms with Gasteiger partial charge in [0, 0.05) is 24.2 Å². The van der Waals surface area contributed by atoms with Crippen LogP contribution in [0, 0.1) is 6.92 Å². The van der Waals surface area contributed by atoms with Crippen LogP contribution in [0.2, 0.25) is 5.02 Å². The Balaban J connectivity index is 1.47. The summed E-state index contributed by atoms with van der Waals surface area (Å²) < 4.78 is 1.79. The Bertz CT molecular complexity index is 724. The smallest absolute Gasteiger partial charge is 0.264 e. The van der Waals surface area contributed by atoms with Crippen molar-refractivity contribution in [3.8, 4) is 0 Å². The van der Waals surface area contributed by atoms with Gasteiger partial charge in [-0.3, -0.25) is 9.48 Å². The fraction of sp³-hybridized carbons (Fsp3) is 0.312. The van der Waals surface area contributed by atoms with Crippen molar-refractivity contribution in [1.29, 1.82) is 0 Å². The molecule has 0 fully saturated rings. The van der Waals surface area contributed by atoms with Crippen molar-refractivity contribution in [2.45, 2.75) is 26.0 Å². The van der Waals surface area contributed by atoms with E-state index < -0.39 is 6.10 Å². The van der Waals surface area contributed by atoms with Gasteiger partial charge in [-0.2, -0.15) is 5.10 Å². The number of oxime groups is 1. The number of aromatic nitrogens is 2. The Labute approximate surface area is 139 Å². The van der Waals surface area contributed by atoms with E-state index in [2.05, 4.69) is 15.6 Å². The van der Waals surface area contributed by atoms with Crippen LogP contribution in [-0.2, 0) is 16.2 Å². The molecule has 0 bridgehead atoms. The van der Waals surface area contributed by atoms with E-state index in [0.717, 1.165) is 17.0 Å². The lowest BCUT2D eigenvalue weighted by Gasteiger charge is -2.09. The molecule has 1 aromatic carbocycles. The van der Waals surface area contributed by atoms with Gasteiger partial charge in [-0.05, 0) is 30.7 Å². The molecule has 1 N–H and O–H groups in total. The summed E-state index contributed by atoms with van der Waals surface area (Å²) in [7, 11) is 0. The number of benzene rings is 1. The highest BCUT2D eigenvalue weighted by Gasteiger charge is 2.28. The maximum atomic E-state index is 12.1. The fourth-order valence-electron chi connectivity index (χ4n) is 2.33. The first kappa shape index (κ1) is 15.6. The van der Waals surface area contributed by atoms with Gasteiger partial charge in [0.2, 0.25) is 6.10 Å². The first-order chi connectivity index (χ1) is 11.1. The van der Waals surface area contributed by atoms with E-state index >= 15 is 0 Å². The van der Waals surface area contributed by atoms with Crippen LogP contribution in [0.5, 0.6) is 0 Å². The molecule has 0 radical (unpaired) electrons. The lowest BCUT2D eigenvalue weighted by molar-refractivity contribution is -0.131. The lowest BCUT2D eigenvalue weighted by Crippen LogP contribution is -2.36. The third-order valence-corrected chi connectivity index (χ3v) is 3.80. The molecular formula is C16H17ClN4O2. The van der Waals surface area contributed by atoms with Crippen molar-refractivity contribution in [2.75, 3.05) is 6.54 Å². The van der Waals surface area contributed by atoms with Gasteiger partial charge >= 0.3 is 0 Å². The Morgan fingerprint density at radius 3 is 2.87 bits per heavy atom. The summed E-state index contributed by atoms with van der Waals surface area (Å²) >= 11 is 5.86. The average Bonchev–Trinajstić information content (AvgIpc) is 3.17. The molecular weight excluding hydrogens is 316 g/mol. The van der Waals surface area contributed by atoms with Crippen molar-refractivity contribution in [3.05, 3.63) is 52.8 Å². The monoisotopic (exact) mass is 332 g/mol. The van der Waals surface area contributed by atoms with E-state index in [-0.39, 0.29) is 5.91 Å². The normalized spacial score (nSPS) is 16.8. The van der Waals surface area contributed by atoms with Gasteiger partial charge in [0.1, 0.15) is 0 Å². The van der Waals surface area contributed by atoms with Crippen molar-refractivity contribution < 1.29 is 9.63 Å². The second-order valence-corrected chi connectivity index (χ2v) is 5.79. The van der Waals surface area contributed by atoms with Crippen LogP contribution in [-0.4, -0.2) is 34.0 Å². The number of nitrogens with one attached hydrogen (secondary N) is 1. The second-order valence-electron chi connectivity index (χ2n) is 5.35. The predicted molar refractivity (Wildman–Crippen MR) is 87.5 cm³/mol. The maximum absolute atomic E-state index is 12.1. The van der Waals surface area contributed by atoms with E-state index in [1.807, 2.05) is 31.3 Å². The summed E-state index contributed by atoms with van der Waals surface area (Å²) in [6, 6.07) is 9.24. The third-order valence-electron chi connectivity index (χ3n) is 3.55. The summed E-state index contributed by atoms with van der Waals surface area (Å²) in [5.74, 6) is -0.165. The van der Waals surface area contributed by atoms with Crippen LogP contribution in [0.25, 0.3) is 0 Å². The molecule has 6 nitrogen and oxygen atoms in total. The van der Waals surface area contributed by atoms with Crippen molar-refractivity contribution in [2.24, 2.45) is 5.16 Å². The Hall–Kier alpha value is -2.34. The predicted octanol–water partition coefficient (Wildman–Crippen LogP) is 2.15. The molecule has 0 saturated carbocycles. The minimum atomic E-state index is -0.583. The zero-order chi connectivity index (χ0) is 16.2. The summed E-state index contributed by atoms with van der Waals surface area (Å²) in [4.78, 5) is 17.4. The van der Waals surface area contributed by atoms with Crippen LogP contribution < -0.4 is 5.32 Å². The quantitative estimate of drug-likeness (QED) is 0.912. The number of rotatable bonds is 5. The number of amides is 1. The van der Waals surface area contributed by atoms with E-state index in [4.69, 9.17) is 16.4 Å². The molecule has 7 heteroatoms. The molecule has 3 rings (SSSR count). The van der Waals surface area contributed by atoms with Gasteiger partial charge in [0.05, 0.1) is 18.0 Å². The SMILES string of the molecule is Cc1ccn(CCNC(=O)C2CC(c3ccc(Cl)cc3)=NO2)n1. The number of halogens is 1. The van der Waals surface area contributed by atoms with Crippen LogP contribution in [0.4, 0.5) is 0 Å². The first-order valence-corrected chi connectivity index (χ1v) is 7.76. The highest BCUT2D eigenvalue weighted by molar-refractivity contribution is 6.30. The molecule has 1 amide bonds. The third kappa shape index (κ3) is 3.90. The number of hydrogen-bond acceptors (Lipinski definition) is 4. The summed E-state index contributed by atoms with van der Waals surface area (Å²) in [5, 5.41) is 11.8. The van der Waals surface area contributed by atoms with E-state index in [1.54, 1.807) is 16.8 Å². The topological polar surface area (TPSA) is 68.5 Å². The highest BCUT2D eigenvalue weighted by atomic mass is 35.5. The number of carbonyl (C=O) groups excluding carboxylic acids is 1. The Kier molecular flexibility index (Phi) is 4.62. The molecule has 1 aliphatic heterocycles. The molecule has 120 valence electrons. The number of aryl methyl sites for hydroxylation is 1. The molecule has 1 aliphatic rings. The standard InChI is InChI=1S/C16H17ClN4O2/c1-11-6-8-21(19-11)9-7-18-16(22)15-10-14(20-23-15)12-2-4-13(17)5-3-12/h2-6,8,15H,7,9-10H2,1H3,(H,18,22). The minimum Gasteiger partial charge on any atom is -0.382 e. The van der Waals surface area contributed by atoms with Crippen molar-refractivity contribution in [1.82, 2.24) is 15.1 Å². The molecule has 23 heavy (non-hydrogen) atoms. The molecule has 2 aromatic rings. The van der Waals surface area contributed by atoms with Gasteiger partial charge in [-0.25, -0.2) is 0 Å². The summed E-state index contributed by atoms with van der Waals surface area (Å²) in [5.41, 5.74) is 2.62. The van der Waals surface area contributed by atoms with Crippen molar-refractivity contribution >= 4 is 23.2 Å². The number of nitrogens with zero attached hydrogens (tertiary/aromatic N) is 3. The van der Waals surface area contributed by atoms with E-state index in [9.17, 15) is 4.79 Å². The lowest BCUT2D eigenvalue weighted by atomic mass is 10.0. The van der Waals surface area contributed by atoms with Crippen LogP contribution in [0.1, 0.15) is 17.7 Å². The first-order valence-electron chi connectivity index (χ1n) is 7.38. The zero-order valence-corrected chi connectivity index (χ0v) is 13.5. The molecule has 1 aromatic heterocycles. The number of hydrogen-bond donors (Lipinski definition) is 1. The zero-order valence-electron chi connectivity index (χ0n) is 12.7. The summed E-state index contributed by atoms with van der Waals surface area (Å²) in [6.45, 7) is 3.05. The fourth-order valence-corrected chi connectivity index (χ4v) is 2.45. The molecule has 2 heterocycles. The van der Waals surface area contributed by atoms with Gasteiger partial charge in [0.25, 0.3) is 5.91 Å². The second kappa shape index (κ2) is 6.83. The van der Waals surface area contributed by atoms with E-state index in [0.29, 0.717) is 24.5 Å². The average molecular weight is 333 g/mol. The van der Waals surface area contributed by atoms with Gasteiger partial charge in [-0.1, -0.05) is 28.9 Å². The minimum absolute atomic E-state index is 0.165. The highest BCUT2D eigenvalue weighted by Crippen LogP contribution is 2.18. The molecule has 0 saturated heterocycles. The van der Waals surface area contributed by atoms with Crippen LogP contribution in [0.15, 0.2) is 41.7 Å². The van der Waals surface area contributed by atoms with Crippen molar-refractivity contribution in [3.63, 3.8) is 0 Å². The van der Waals surface area contributed by atoms with Gasteiger partial charge in [0.15, 0.2) is 0 Å². The summed E-state index contributed by atoms with van der Waals surface area (Å²) in [6.07, 6.45) is 1.75. The molecule has 1 atom stereocenters. The maximum Gasteiger partial charge on any atom is 0.264 e. The number of carbonyl (C=O) groups is 1. The molecule has 0 aliphatic carbocycles. The van der Waals surface area contributed by atoms with Gasteiger partial charge < -0.3 is 10.2 Å².